The minimum atomic E-state index is -0.189. The number of carbonyl (C=O) groups is 1. The molecule has 2 aromatic carbocycles. The Morgan fingerprint density at radius 2 is 1.62 bits per heavy atom. The number of rotatable bonds is 8. The number of amides is 1. The van der Waals surface area contributed by atoms with Gasteiger partial charge in [0.25, 0.3) is 5.91 Å². The largest absolute Gasteiger partial charge is 0.349 e. The third kappa shape index (κ3) is 5.86. The average Bonchev–Trinajstić information content (AvgIpc) is 2.72. The summed E-state index contributed by atoms with van der Waals surface area (Å²) in [6, 6.07) is 22.0. The number of aromatic nitrogens is 2. The number of nitrogens with zero attached hydrogens (tertiary/aromatic N) is 4. The van der Waals surface area contributed by atoms with Gasteiger partial charge in [0.2, 0.25) is 0 Å². The molecule has 0 aliphatic rings. The first kappa shape index (κ1) is 20.5. The van der Waals surface area contributed by atoms with E-state index in [1.807, 2.05) is 74.4 Å². The molecule has 0 fully saturated rings. The summed E-state index contributed by atoms with van der Waals surface area (Å²) < 4.78 is 0. The van der Waals surface area contributed by atoms with Gasteiger partial charge in [-0.15, -0.1) is 0 Å². The molecule has 0 saturated carbocycles. The zero-order valence-corrected chi connectivity index (χ0v) is 17.2. The van der Waals surface area contributed by atoms with Crippen molar-refractivity contribution in [2.75, 3.05) is 32.1 Å². The summed E-state index contributed by atoms with van der Waals surface area (Å²) in [6.45, 7) is 3.79. The minimum absolute atomic E-state index is 0.189. The predicted octanol–water partition coefficient (Wildman–Crippen LogP) is 3.41. The smallest absolute Gasteiger partial charge is 0.270 e. The van der Waals surface area contributed by atoms with Gasteiger partial charge in [-0.3, -0.25) is 4.79 Å². The lowest BCUT2D eigenvalue weighted by Crippen LogP contribution is -2.32. The van der Waals surface area contributed by atoms with Crippen LogP contribution in [0, 0.1) is 6.92 Å². The highest BCUT2D eigenvalue weighted by atomic mass is 16.1. The first-order valence-electron chi connectivity index (χ1n) is 9.68. The summed E-state index contributed by atoms with van der Waals surface area (Å²) in [5, 5.41) is 2.92. The maximum absolute atomic E-state index is 12.6. The van der Waals surface area contributed by atoms with Gasteiger partial charge in [-0.25, -0.2) is 9.97 Å². The van der Waals surface area contributed by atoms with E-state index in [0.717, 1.165) is 17.8 Å². The quantitative estimate of drug-likeness (QED) is 0.640. The Bertz CT molecular complexity index is 929. The number of anilines is 2. The van der Waals surface area contributed by atoms with Crippen LogP contribution < -0.4 is 10.2 Å². The molecule has 1 heterocycles. The van der Waals surface area contributed by atoms with Crippen molar-refractivity contribution in [2.45, 2.75) is 13.5 Å². The lowest BCUT2D eigenvalue weighted by Gasteiger charge is -2.24. The lowest BCUT2D eigenvalue weighted by atomic mass is 10.2. The summed E-state index contributed by atoms with van der Waals surface area (Å²) in [6.07, 6.45) is 0. The highest BCUT2D eigenvalue weighted by Crippen LogP contribution is 2.26. The number of likely N-dealkylation sites (N-methyl/N-ethyl adjacent to an activating group) is 1. The second kappa shape index (κ2) is 9.80. The highest BCUT2D eigenvalue weighted by Gasteiger charge is 2.16. The summed E-state index contributed by atoms with van der Waals surface area (Å²) in [7, 11) is 3.95. The molecule has 1 N–H and O–H groups in total. The van der Waals surface area contributed by atoms with Crippen LogP contribution in [-0.2, 0) is 6.54 Å². The molecule has 0 saturated heterocycles. The number of aryl methyl sites for hydroxylation is 1. The summed E-state index contributed by atoms with van der Waals surface area (Å²) >= 11 is 0. The van der Waals surface area contributed by atoms with Crippen LogP contribution in [0.2, 0.25) is 0 Å². The molecule has 3 aromatic rings. The fourth-order valence-electron chi connectivity index (χ4n) is 2.97. The van der Waals surface area contributed by atoms with Crippen LogP contribution in [0.25, 0.3) is 0 Å². The molecule has 6 heteroatoms. The van der Waals surface area contributed by atoms with Crippen LogP contribution in [0.5, 0.6) is 0 Å². The zero-order chi connectivity index (χ0) is 20.6. The van der Waals surface area contributed by atoms with Crippen LogP contribution in [0.15, 0.2) is 66.7 Å². The van der Waals surface area contributed by atoms with Gasteiger partial charge >= 0.3 is 0 Å². The molecule has 3 rings (SSSR count). The Morgan fingerprint density at radius 1 is 0.966 bits per heavy atom. The Morgan fingerprint density at radius 3 is 2.28 bits per heavy atom. The maximum atomic E-state index is 12.6. The summed E-state index contributed by atoms with van der Waals surface area (Å²) in [4.78, 5) is 25.7. The summed E-state index contributed by atoms with van der Waals surface area (Å²) in [5.74, 6) is 1.07. The molecule has 0 bridgehead atoms. The van der Waals surface area contributed by atoms with E-state index < -0.39 is 0 Å². The van der Waals surface area contributed by atoms with E-state index in [9.17, 15) is 4.79 Å². The SMILES string of the molecule is Cc1nc(C(=O)NCCN(C)C)cc(N(Cc2ccccc2)c2ccccc2)n1. The molecule has 0 atom stereocenters. The summed E-state index contributed by atoms with van der Waals surface area (Å²) in [5.41, 5.74) is 2.54. The van der Waals surface area contributed by atoms with Crippen molar-refractivity contribution in [3.05, 3.63) is 83.8 Å². The zero-order valence-electron chi connectivity index (χ0n) is 17.2. The second-order valence-electron chi connectivity index (χ2n) is 7.13. The van der Waals surface area contributed by atoms with Crippen LogP contribution in [0.4, 0.5) is 11.5 Å². The van der Waals surface area contributed by atoms with Crippen LogP contribution in [-0.4, -0.2) is 48.0 Å². The number of hydrogen-bond donors (Lipinski definition) is 1. The Hall–Kier alpha value is -3.25. The Balaban J connectivity index is 1.91. The molecule has 0 unspecified atom stereocenters. The van der Waals surface area contributed by atoms with Crippen molar-refractivity contribution < 1.29 is 4.79 Å². The van der Waals surface area contributed by atoms with E-state index in [2.05, 4.69) is 32.3 Å². The molecule has 29 heavy (non-hydrogen) atoms. The van der Waals surface area contributed by atoms with Gasteiger partial charge in [0.15, 0.2) is 0 Å². The Kier molecular flexibility index (Phi) is 6.92. The van der Waals surface area contributed by atoms with E-state index >= 15 is 0 Å². The molecule has 6 nitrogen and oxygen atoms in total. The van der Waals surface area contributed by atoms with Crippen molar-refractivity contribution in [2.24, 2.45) is 0 Å². The molecule has 1 aromatic heterocycles. The standard InChI is InChI=1S/C23H27N5O/c1-18-25-21(23(29)24-14-15-27(2)3)16-22(26-18)28(20-12-8-5-9-13-20)17-19-10-6-4-7-11-19/h4-13,16H,14-15,17H2,1-3H3,(H,24,29). The first-order chi connectivity index (χ1) is 14.0. The third-order valence-electron chi connectivity index (χ3n) is 4.43. The maximum Gasteiger partial charge on any atom is 0.270 e. The highest BCUT2D eigenvalue weighted by molar-refractivity contribution is 5.93. The van der Waals surface area contributed by atoms with Crippen molar-refractivity contribution in [1.82, 2.24) is 20.2 Å². The molecule has 0 spiro atoms. The number of benzene rings is 2. The normalized spacial score (nSPS) is 10.8. The fraction of sp³-hybridized carbons (Fsp3) is 0.261. The average molecular weight is 390 g/mol. The van der Waals surface area contributed by atoms with Crippen molar-refractivity contribution in [1.29, 1.82) is 0 Å². The molecule has 0 aliphatic heterocycles. The number of para-hydroxylation sites is 1. The van der Waals surface area contributed by atoms with Crippen molar-refractivity contribution in [3.63, 3.8) is 0 Å². The van der Waals surface area contributed by atoms with Gasteiger partial charge in [-0.2, -0.15) is 0 Å². The topological polar surface area (TPSA) is 61.4 Å². The lowest BCUT2D eigenvalue weighted by molar-refractivity contribution is 0.0945. The van der Waals surface area contributed by atoms with Gasteiger partial charge in [0, 0.05) is 31.4 Å². The molecule has 0 radical (unpaired) electrons. The first-order valence-corrected chi connectivity index (χ1v) is 9.68. The van der Waals surface area contributed by atoms with Gasteiger partial charge in [-0.05, 0) is 38.7 Å². The van der Waals surface area contributed by atoms with E-state index in [-0.39, 0.29) is 5.91 Å². The van der Waals surface area contributed by atoms with Gasteiger partial charge in [-0.1, -0.05) is 48.5 Å². The predicted molar refractivity (Wildman–Crippen MR) is 116 cm³/mol. The number of carbonyl (C=O) groups excluding carboxylic acids is 1. The Labute approximate surface area is 172 Å². The van der Waals surface area contributed by atoms with Gasteiger partial charge < -0.3 is 15.1 Å². The number of hydrogen-bond acceptors (Lipinski definition) is 5. The molecular weight excluding hydrogens is 362 g/mol. The van der Waals surface area contributed by atoms with E-state index in [1.165, 1.54) is 0 Å². The van der Waals surface area contributed by atoms with Crippen molar-refractivity contribution >= 4 is 17.4 Å². The molecule has 0 aliphatic carbocycles. The van der Waals surface area contributed by atoms with Crippen LogP contribution in [0.3, 0.4) is 0 Å². The number of nitrogens with one attached hydrogen (secondary N) is 1. The second-order valence-corrected chi connectivity index (χ2v) is 7.13. The van der Waals surface area contributed by atoms with Crippen LogP contribution >= 0.6 is 0 Å². The van der Waals surface area contributed by atoms with Crippen molar-refractivity contribution in [3.8, 4) is 0 Å². The molecule has 1 amide bonds. The van der Waals surface area contributed by atoms with E-state index in [1.54, 1.807) is 6.07 Å². The fourth-order valence-corrected chi connectivity index (χ4v) is 2.97. The van der Waals surface area contributed by atoms with Crippen LogP contribution in [0.1, 0.15) is 21.9 Å². The van der Waals surface area contributed by atoms with E-state index in [4.69, 9.17) is 0 Å². The third-order valence-corrected chi connectivity index (χ3v) is 4.43. The molecule has 150 valence electrons. The van der Waals surface area contributed by atoms with Gasteiger partial charge in [0.05, 0.1) is 0 Å². The van der Waals surface area contributed by atoms with Gasteiger partial charge in [0.1, 0.15) is 17.3 Å². The monoisotopic (exact) mass is 389 g/mol. The minimum Gasteiger partial charge on any atom is -0.349 e. The van der Waals surface area contributed by atoms with E-state index in [0.29, 0.717) is 30.4 Å². The molecular formula is C23H27N5O.